The standard InChI is InChI=1S/C11H11F3N2O/c1-2-9(17)7-3-5-8(6-4-7)10(15-16-10)11(12,13)14/h3-6,15-16H,2H2,1H3. The van der Waals surface area contributed by atoms with E-state index in [0.29, 0.717) is 12.0 Å². The first kappa shape index (κ1) is 12.1. The number of carbonyl (C=O) groups excluding carboxylic acids is 1. The molecule has 2 rings (SSSR count). The summed E-state index contributed by atoms with van der Waals surface area (Å²) < 4.78 is 38.1. The Hall–Kier alpha value is -1.40. The maximum Gasteiger partial charge on any atom is 0.426 e. The van der Waals surface area contributed by atoms with Crippen molar-refractivity contribution in [2.45, 2.75) is 25.2 Å². The molecule has 1 heterocycles. The highest BCUT2D eigenvalue weighted by Crippen LogP contribution is 2.41. The van der Waals surface area contributed by atoms with Crippen LogP contribution in [0.15, 0.2) is 24.3 Å². The lowest BCUT2D eigenvalue weighted by atomic mass is 10.00. The number of benzene rings is 1. The van der Waals surface area contributed by atoms with E-state index in [0.717, 1.165) is 0 Å². The molecule has 0 amide bonds. The summed E-state index contributed by atoms with van der Waals surface area (Å²) in [6.45, 7) is 1.71. The molecule has 3 nitrogen and oxygen atoms in total. The first-order chi connectivity index (χ1) is 7.90. The first-order valence-electron chi connectivity index (χ1n) is 5.15. The van der Waals surface area contributed by atoms with E-state index in [4.69, 9.17) is 0 Å². The van der Waals surface area contributed by atoms with E-state index >= 15 is 0 Å². The monoisotopic (exact) mass is 244 g/mol. The summed E-state index contributed by atoms with van der Waals surface area (Å²) in [6, 6.07) is 5.44. The molecule has 0 aromatic heterocycles. The lowest BCUT2D eigenvalue weighted by molar-refractivity contribution is -0.165. The summed E-state index contributed by atoms with van der Waals surface area (Å²) in [4.78, 5) is 11.3. The number of Topliss-reactive ketones (excluding diaryl/α,β-unsaturated/α-hetero) is 1. The van der Waals surface area contributed by atoms with Crippen LogP contribution < -0.4 is 10.9 Å². The van der Waals surface area contributed by atoms with E-state index in [1.54, 1.807) is 6.92 Å². The van der Waals surface area contributed by atoms with Crippen LogP contribution >= 0.6 is 0 Å². The number of carbonyl (C=O) groups is 1. The molecule has 6 heteroatoms. The van der Waals surface area contributed by atoms with Crippen molar-refractivity contribution in [2.24, 2.45) is 0 Å². The first-order valence-corrected chi connectivity index (χ1v) is 5.15. The zero-order valence-corrected chi connectivity index (χ0v) is 9.06. The topological polar surface area (TPSA) is 61.0 Å². The lowest BCUT2D eigenvalue weighted by Crippen LogP contribution is -2.34. The fourth-order valence-corrected chi connectivity index (χ4v) is 1.62. The number of halogens is 3. The summed E-state index contributed by atoms with van der Waals surface area (Å²) in [5.41, 5.74) is 2.54. The van der Waals surface area contributed by atoms with Crippen molar-refractivity contribution in [3.8, 4) is 0 Å². The van der Waals surface area contributed by atoms with Gasteiger partial charge >= 0.3 is 6.18 Å². The van der Waals surface area contributed by atoms with Crippen LogP contribution in [0, 0.1) is 0 Å². The molecule has 1 aromatic carbocycles. The molecule has 17 heavy (non-hydrogen) atoms. The van der Waals surface area contributed by atoms with Crippen molar-refractivity contribution >= 4 is 5.78 Å². The third kappa shape index (κ3) is 1.94. The van der Waals surface area contributed by atoms with Gasteiger partial charge in [-0.2, -0.15) is 13.2 Å². The van der Waals surface area contributed by atoms with Crippen molar-refractivity contribution in [1.82, 2.24) is 10.9 Å². The Labute approximate surface area is 96.0 Å². The Balaban J connectivity index is 2.28. The molecule has 1 saturated heterocycles. The van der Waals surface area contributed by atoms with Crippen molar-refractivity contribution < 1.29 is 18.0 Å². The molecule has 0 radical (unpaired) electrons. The third-order valence-electron chi connectivity index (χ3n) is 2.76. The normalized spacial score (nSPS) is 17.9. The number of rotatable bonds is 3. The van der Waals surface area contributed by atoms with Crippen LogP contribution in [-0.4, -0.2) is 12.0 Å². The van der Waals surface area contributed by atoms with Gasteiger partial charge in [0.2, 0.25) is 5.66 Å². The summed E-state index contributed by atoms with van der Waals surface area (Å²) in [7, 11) is 0. The quantitative estimate of drug-likeness (QED) is 0.632. The van der Waals surface area contributed by atoms with Crippen molar-refractivity contribution in [3.63, 3.8) is 0 Å². The fourth-order valence-electron chi connectivity index (χ4n) is 1.62. The minimum Gasteiger partial charge on any atom is -0.294 e. The Morgan fingerprint density at radius 3 is 2.12 bits per heavy atom. The molecule has 0 spiro atoms. The highest BCUT2D eigenvalue weighted by molar-refractivity contribution is 5.95. The molecule has 92 valence electrons. The Morgan fingerprint density at radius 1 is 1.24 bits per heavy atom. The second kappa shape index (κ2) is 3.82. The Bertz CT molecular complexity index is 435. The smallest absolute Gasteiger partial charge is 0.294 e. The number of hydrogen-bond acceptors (Lipinski definition) is 3. The molecule has 1 aromatic rings. The highest BCUT2D eigenvalue weighted by Gasteiger charge is 2.65. The van der Waals surface area contributed by atoms with Gasteiger partial charge in [-0.05, 0) is 5.56 Å². The van der Waals surface area contributed by atoms with Gasteiger partial charge < -0.3 is 0 Å². The van der Waals surface area contributed by atoms with Gasteiger partial charge in [0.15, 0.2) is 5.78 Å². The number of nitrogens with one attached hydrogen (secondary N) is 2. The second-order valence-electron chi connectivity index (χ2n) is 3.85. The van der Waals surface area contributed by atoms with Gasteiger partial charge in [0.05, 0.1) is 0 Å². The van der Waals surface area contributed by atoms with Crippen LogP contribution in [0.3, 0.4) is 0 Å². The van der Waals surface area contributed by atoms with E-state index in [9.17, 15) is 18.0 Å². The van der Waals surface area contributed by atoms with Gasteiger partial charge in [-0.1, -0.05) is 31.2 Å². The molecule has 0 saturated carbocycles. The summed E-state index contributed by atoms with van der Waals surface area (Å²) in [6.07, 6.45) is -4.08. The van der Waals surface area contributed by atoms with Crippen molar-refractivity contribution in [2.75, 3.05) is 0 Å². The zero-order chi connectivity index (χ0) is 12.7. The third-order valence-corrected chi connectivity index (χ3v) is 2.76. The molecule has 0 unspecified atom stereocenters. The van der Waals surface area contributed by atoms with Gasteiger partial charge in [0.1, 0.15) is 0 Å². The van der Waals surface area contributed by atoms with Gasteiger partial charge in [0.25, 0.3) is 0 Å². The number of alkyl halides is 3. The fraction of sp³-hybridized carbons (Fsp3) is 0.364. The molecule has 2 N–H and O–H groups in total. The van der Waals surface area contributed by atoms with E-state index < -0.39 is 11.8 Å². The Kier molecular flexibility index (Phi) is 2.71. The molecule has 0 bridgehead atoms. The van der Waals surface area contributed by atoms with Crippen LogP contribution in [0.2, 0.25) is 0 Å². The average molecular weight is 244 g/mol. The minimum absolute atomic E-state index is 0.0534. The van der Waals surface area contributed by atoms with E-state index in [2.05, 4.69) is 10.9 Å². The lowest BCUT2D eigenvalue weighted by Gasteiger charge is -2.16. The van der Waals surface area contributed by atoms with E-state index in [1.807, 2.05) is 0 Å². The van der Waals surface area contributed by atoms with Crippen molar-refractivity contribution in [3.05, 3.63) is 35.4 Å². The number of hydrogen-bond donors (Lipinski definition) is 2. The molecule has 0 aliphatic carbocycles. The largest absolute Gasteiger partial charge is 0.426 e. The molecule has 1 aliphatic heterocycles. The van der Waals surface area contributed by atoms with Crippen LogP contribution in [0.5, 0.6) is 0 Å². The predicted molar refractivity (Wildman–Crippen MR) is 55.1 cm³/mol. The SMILES string of the molecule is CCC(=O)c1ccc(C2(C(F)(F)F)NN2)cc1. The van der Waals surface area contributed by atoms with Gasteiger partial charge in [0, 0.05) is 12.0 Å². The molecule has 0 atom stereocenters. The Morgan fingerprint density at radius 2 is 1.76 bits per heavy atom. The highest BCUT2D eigenvalue weighted by atomic mass is 19.4. The van der Waals surface area contributed by atoms with Gasteiger partial charge in [-0.15, -0.1) is 0 Å². The maximum atomic E-state index is 12.7. The molecular weight excluding hydrogens is 233 g/mol. The average Bonchev–Trinajstić information content (AvgIpc) is 3.08. The van der Waals surface area contributed by atoms with Gasteiger partial charge in [-0.25, -0.2) is 10.9 Å². The van der Waals surface area contributed by atoms with Crippen LogP contribution in [0.25, 0.3) is 0 Å². The summed E-state index contributed by atoms with van der Waals surface area (Å²) in [5, 5.41) is 0. The number of hydrazine groups is 1. The summed E-state index contributed by atoms with van der Waals surface area (Å²) >= 11 is 0. The van der Waals surface area contributed by atoms with Crippen LogP contribution in [0.1, 0.15) is 29.3 Å². The van der Waals surface area contributed by atoms with E-state index in [-0.39, 0.29) is 11.3 Å². The predicted octanol–water partition coefficient (Wildman–Crippen LogP) is 2.10. The minimum atomic E-state index is -4.41. The molecular formula is C11H11F3N2O. The molecule has 1 fully saturated rings. The number of ketones is 1. The van der Waals surface area contributed by atoms with Gasteiger partial charge in [-0.3, -0.25) is 4.79 Å². The molecule has 1 aliphatic rings. The van der Waals surface area contributed by atoms with Crippen molar-refractivity contribution in [1.29, 1.82) is 0 Å². The second-order valence-corrected chi connectivity index (χ2v) is 3.85. The van der Waals surface area contributed by atoms with E-state index in [1.165, 1.54) is 24.3 Å². The summed E-state index contributed by atoms with van der Waals surface area (Å²) in [5.74, 6) is -0.0886. The van der Waals surface area contributed by atoms with Crippen LogP contribution in [-0.2, 0) is 5.66 Å². The van der Waals surface area contributed by atoms with Crippen LogP contribution in [0.4, 0.5) is 13.2 Å². The zero-order valence-electron chi connectivity index (χ0n) is 9.06. The maximum absolute atomic E-state index is 12.7.